The van der Waals surface area contributed by atoms with Crippen LogP contribution in [0.25, 0.3) is 31.8 Å². The fourth-order valence-corrected chi connectivity index (χ4v) is 4.67. The molecule has 0 aliphatic carbocycles. The normalized spacial score (nSPS) is 15.8. The number of aromatic nitrogens is 3. The molecule has 5 rings (SSSR count). The van der Waals surface area contributed by atoms with Gasteiger partial charge in [-0.3, -0.25) is 0 Å². The summed E-state index contributed by atoms with van der Waals surface area (Å²) in [5.74, 6) is 0.217. The lowest BCUT2D eigenvalue weighted by Gasteiger charge is -2.06. The van der Waals surface area contributed by atoms with E-state index in [2.05, 4.69) is 15.0 Å². The lowest BCUT2D eigenvalue weighted by atomic mass is 10.1. The van der Waals surface area contributed by atoms with Gasteiger partial charge in [-0.25, -0.2) is 19.3 Å². The lowest BCUT2D eigenvalue weighted by Crippen LogP contribution is -2.17. The Morgan fingerprint density at radius 3 is 2.93 bits per heavy atom. The third-order valence-electron chi connectivity index (χ3n) is 4.81. The number of aliphatic hydroxyl groups is 1. The van der Waals surface area contributed by atoms with E-state index in [4.69, 9.17) is 9.47 Å². The number of halogens is 1. The number of fused-ring (bicyclic) bond motifs is 4. The summed E-state index contributed by atoms with van der Waals surface area (Å²) in [7, 11) is 1.55. The molecule has 8 heteroatoms. The minimum absolute atomic E-state index is 0.152. The molecular weight excluding hydrogens is 381 g/mol. The minimum Gasteiger partial charge on any atom is -0.484 e. The summed E-state index contributed by atoms with van der Waals surface area (Å²) in [5.41, 5.74) is 4.64. The van der Waals surface area contributed by atoms with Gasteiger partial charge in [0.25, 0.3) is 0 Å². The molecule has 1 atom stereocenters. The third-order valence-corrected chi connectivity index (χ3v) is 5.97. The van der Waals surface area contributed by atoms with Crippen LogP contribution in [0.5, 0.6) is 11.6 Å². The Kier molecular flexibility index (Phi) is 3.92. The highest BCUT2D eigenvalue weighted by atomic mass is 32.1. The first-order valence-corrected chi connectivity index (χ1v) is 9.60. The average Bonchev–Trinajstić information content (AvgIpc) is 3.31. The van der Waals surface area contributed by atoms with Crippen LogP contribution in [0.3, 0.4) is 0 Å². The minimum atomic E-state index is -0.450. The molecule has 0 spiro atoms. The molecule has 1 N–H and O–H groups in total. The van der Waals surface area contributed by atoms with Crippen molar-refractivity contribution in [3.63, 3.8) is 0 Å². The van der Waals surface area contributed by atoms with E-state index in [1.165, 1.54) is 17.4 Å². The second-order valence-electron chi connectivity index (χ2n) is 6.75. The number of hydrogen-bond acceptors (Lipinski definition) is 7. The van der Waals surface area contributed by atoms with Crippen LogP contribution in [0.15, 0.2) is 24.4 Å². The molecule has 3 heterocycles. The predicted octanol–water partition coefficient (Wildman–Crippen LogP) is 3.66. The number of nitrogens with zero attached hydrogens (tertiary/aromatic N) is 3. The van der Waals surface area contributed by atoms with Crippen LogP contribution >= 0.6 is 11.3 Å². The summed E-state index contributed by atoms with van der Waals surface area (Å²) in [6.45, 7) is 1.83. The van der Waals surface area contributed by atoms with Crippen molar-refractivity contribution in [2.75, 3.05) is 13.7 Å². The number of aliphatic hydroxyl groups excluding tert-OH is 1. The van der Waals surface area contributed by atoms with Crippen molar-refractivity contribution < 1.29 is 19.0 Å². The van der Waals surface area contributed by atoms with Crippen LogP contribution in [0.2, 0.25) is 0 Å². The largest absolute Gasteiger partial charge is 0.484 e. The van der Waals surface area contributed by atoms with Crippen molar-refractivity contribution in [3.8, 4) is 22.2 Å². The molecule has 1 aliphatic heterocycles. The maximum absolute atomic E-state index is 14.5. The highest BCUT2D eigenvalue weighted by Gasteiger charge is 2.29. The Bertz CT molecular complexity index is 1240. The first-order chi connectivity index (χ1) is 13.6. The van der Waals surface area contributed by atoms with E-state index in [0.29, 0.717) is 28.9 Å². The molecule has 6 nitrogen and oxygen atoms in total. The van der Waals surface area contributed by atoms with E-state index in [1.54, 1.807) is 13.3 Å². The maximum atomic E-state index is 14.5. The van der Waals surface area contributed by atoms with Gasteiger partial charge in [-0.1, -0.05) is 0 Å². The second-order valence-corrected chi connectivity index (χ2v) is 7.75. The van der Waals surface area contributed by atoms with Crippen molar-refractivity contribution in [2.45, 2.75) is 19.4 Å². The number of rotatable bonds is 3. The van der Waals surface area contributed by atoms with Gasteiger partial charge in [0.2, 0.25) is 5.88 Å². The number of methoxy groups -OCH3 is 1. The van der Waals surface area contributed by atoms with Crippen LogP contribution in [-0.2, 0) is 6.42 Å². The zero-order valence-electron chi connectivity index (χ0n) is 15.2. The van der Waals surface area contributed by atoms with Gasteiger partial charge in [-0.15, -0.1) is 11.3 Å². The van der Waals surface area contributed by atoms with E-state index in [1.807, 2.05) is 19.1 Å². The van der Waals surface area contributed by atoms with Gasteiger partial charge in [0, 0.05) is 23.6 Å². The lowest BCUT2D eigenvalue weighted by molar-refractivity contribution is 0.131. The van der Waals surface area contributed by atoms with Crippen molar-refractivity contribution >= 4 is 32.6 Å². The monoisotopic (exact) mass is 397 g/mol. The third kappa shape index (κ3) is 2.60. The van der Waals surface area contributed by atoms with Crippen LogP contribution in [0.1, 0.15) is 11.1 Å². The molecule has 2 aromatic carbocycles. The van der Waals surface area contributed by atoms with Gasteiger partial charge in [-0.2, -0.15) is 0 Å². The molecule has 0 amide bonds. The number of thiazole rings is 1. The van der Waals surface area contributed by atoms with Crippen molar-refractivity contribution in [1.82, 2.24) is 15.0 Å². The molecule has 0 unspecified atom stereocenters. The summed E-state index contributed by atoms with van der Waals surface area (Å²) in [5, 5.41) is 10.1. The Morgan fingerprint density at radius 2 is 2.14 bits per heavy atom. The quantitative estimate of drug-likeness (QED) is 0.569. The Balaban J connectivity index is 1.73. The number of hydrogen-bond donors (Lipinski definition) is 1. The molecule has 0 fully saturated rings. The standard InChI is InChI=1S/C20H16FN3O3S/c1-9-3-11(17-14(4-9)23-16(26-2)7-22-17)20-24-15-6-13(21)18-12(19(15)28-20)5-10(8-25)27-18/h3-4,6-7,10,25H,5,8H2,1-2H3/t10-/m0/s1. The zero-order valence-corrected chi connectivity index (χ0v) is 16.0. The number of aryl methyl sites for hydroxylation is 1. The molecule has 2 aromatic heterocycles. The van der Waals surface area contributed by atoms with E-state index in [0.717, 1.165) is 26.4 Å². The molecule has 0 saturated carbocycles. The van der Waals surface area contributed by atoms with Crippen molar-refractivity contribution in [3.05, 3.63) is 41.3 Å². The van der Waals surface area contributed by atoms with Gasteiger partial charge >= 0.3 is 0 Å². The summed E-state index contributed by atoms with van der Waals surface area (Å²) in [6, 6.07) is 5.34. The molecule has 1 aliphatic rings. The van der Waals surface area contributed by atoms with Gasteiger partial charge in [-0.05, 0) is 24.6 Å². The van der Waals surface area contributed by atoms with E-state index >= 15 is 0 Å². The van der Waals surface area contributed by atoms with Gasteiger partial charge in [0.15, 0.2) is 11.6 Å². The molecule has 0 saturated heterocycles. The first kappa shape index (κ1) is 17.3. The molecule has 142 valence electrons. The van der Waals surface area contributed by atoms with E-state index in [9.17, 15) is 9.50 Å². The average molecular weight is 397 g/mol. The maximum Gasteiger partial charge on any atom is 0.232 e. The van der Waals surface area contributed by atoms with Crippen LogP contribution in [0.4, 0.5) is 4.39 Å². The van der Waals surface area contributed by atoms with Gasteiger partial charge < -0.3 is 14.6 Å². The van der Waals surface area contributed by atoms with E-state index in [-0.39, 0.29) is 12.4 Å². The van der Waals surface area contributed by atoms with Gasteiger partial charge in [0.05, 0.1) is 41.2 Å². The fourth-order valence-electron chi connectivity index (χ4n) is 3.55. The molecule has 28 heavy (non-hydrogen) atoms. The molecular formula is C20H16FN3O3S. The summed E-state index contributed by atoms with van der Waals surface area (Å²) in [6.07, 6.45) is 1.62. The SMILES string of the molecule is COc1cnc2c(-c3nc4cc(F)c5c(c4s3)C[C@@H](CO)O5)cc(C)cc2n1. The number of benzene rings is 2. The predicted molar refractivity (Wildman–Crippen MR) is 105 cm³/mol. The first-order valence-electron chi connectivity index (χ1n) is 8.78. The van der Waals surface area contributed by atoms with Crippen molar-refractivity contribution in [2.24, 2.45) is 0 Å². The Hall–Kier alpha value is -2.84. The zero-order chi connectivity index (χ0) is 19.4. The highest BCUT2D eigenvalue weighted by Crippen LogP contribution is 2.43. The molecule has 0 bridgehead atoms. The van der Waals surface area contributed by atoms with Crippen LogP contribution in [0, 0.1) is 12.7 Å². The van der Waals surface area contributed by atoms with Crippen LogP contribution in [-0.4, -0.2) is 39.9 Å². The molecule has 4 aromatic rings. The second kappa shape index (κ2) is 6.35. The Labute approximate surface area is 163 Å². The summed E-state index contributed by atoms with van der Waals surface area (Å²) in [4.78, 5) is 13.6. The summed E-state index contributed by atoms with van der Waals surface area (Å²) < 4.78 is 26.1. The smallest absolute Gasteiger partial charge is 0.232 e. The Morgan fingerprint density at radius 1 is 1.29 bits per heavy atom. The highest BCUT2D eigenvalue weighted by molar-refractivity contribution is 7.22. The topological polar surface area (TPSA) is 77.4 Å². The molecule has 0 radical (unpaired) electrons. The van der Waals surface area contributed by atoms with Gasteiger partial charge in [0.1, 0.15) is 11.1 Å². The number of ether oxygens (including phenoxy) is 2. The van der Waals surface area contributed by atoms with Crippen molar-refractivity contribution in [1.29, 1.82) is 0 Å². The van der Waals surface area contributed by atoms with E-state index < -0.39 is 11.9 Å². The summed E-state index contributed by atoms with van der Waals surface area (Å²) >= 11 is 1.47. The fraction of sp³-hybridized carbons (Fsp3) is 0.250. The van der Waals surface area contributed by atoms with Crippen LogP contribution < -0.4 is 9.47 Å².